The normalized spacial score (nSPS) is 12.0. The smallest absolute Gasteiger partial charge is 0.377 e. The maximum Gasteiger partial charge on any atom is 0.501 e. The van der Waals surface area contributed by atoms with E-state index in [0.717, 1.165) is 6.42 Å². The summed E-state index contributed by atoms with van der Waals surface area (Å²) in [6, 6.07) is 0.798. The van der Waals surface area contributed by atoms with Crippen molar-refractivity contribution in [1.29, 1.82) is 0 Å². The Kier molecular flexibility index (Phi) is 7.52. The van der Waals surface area contributed by atoms with E-state index in [9.17, 15) is 0 Å². The highest BCUT2D eigenvalue weighted by atomic mass is 35.5. The summed E-state index contributed by atoms with van der Waals surface area (Å²) in [5, 5.41) is 0. The van der Waals surface area contributed by atoms with Gasteiger partial charge in [0.25, 0.3) is 0 Å². The van der Waals surface area contributed by atoms with E-state index in [1.54, 1.807) is 14.2 Å². The Morgan fingerprint density at radius 2 is 1.75 bits per heavy atom. The van der Waals surface area contributed by atoms with Crippen molar-refractivity contribution in [3.05, 3.63) is 0 Å². The van der Waals surface area contributed by atoms with Gasteiger partial charge in [-0.3, -0.25) is 0 Å². The van der Waals surface area contributed by atoms with E-state index in [1.165, 1.54) is 0 Å². The molecule has 0 bridgehead atoms. The summed E-state index contributed by atoms with van der Waals surface area (Å²) in [5.41, 5.74) is 0. The predicted molar refractivity (Wildman–Crippen MR) is 51.7 cm³/mol. The quantitative estimate of drug-likeness (QED) is 0.497. The van der Waals surface area contributed by atoms with E-state index >= 15 is 0 Å². The van der Waals surface area contributed by atoms with E-state index in [1.807, 2.05) is 0 Å². The monoisotopic (exact) mass is 232 g/mol. The van der Waals surface area contributed by atoms with Crippen LogP contribution in [0.5, 0.6) is 0 Å². The second-order valence-electron chi connectivity index (χ2n) is 2.14. The molecule has 0 aromatic carbocycles. The lowest BCUT2D eigenvalue weighted by molar-refractivity contribution is 0.116. The van der Waals surface area contributed by atoms with Gasteiger partial charge in [-0.15, -0.1) is 11.6 Å². The molecule has 0 aliphatic rings. The van der Waals surface area contributed by atoms with Crippen LogP contribution in [0.1, 0.15) is 6.42 Å². The molecule has 0 radical (unpaired) electrons. The summed E-state index contributed by atoms with van der Waals surface area (Å²) in [5.74, 6) is 0.577. The highest BCUT2D eigenvalue weighted by Crippen LogP contribution is 2.16. The molecule has 0 aromatic rings. The topological polar surface area (TPSA) is 27.7 Å². The van der Waals surface area contributed by atoms with E-state index in [0.29, 0.717) is 11.9 Å². The number of hydrogen-bond acceptors (Lipinski definition) is 3. The van der Waals surface area contributed by atoms with Gasteiger partial charge in [0, 0.05) is 26.1 Å². The van der Waals surface area contributed by atoms with Crippen molar-refractivity contribution in [1.82, 2.24) is 0 Å². The van der Waals surface area contributed by atoms with Crippen LogP contribution in [0.2, 0.25) is 6.04 Å². The van der Waals surface area contributed by atoms with Gasteiger partial charge in [-0.05, 0) is 6.42 Å². The Labute approximate surface area is 84.3 Å². The summed E-state index contributed by atoms with van der Waals surface area (Å²) in [4.78, 5) is 0. The molecule has 0 saturated heterocycles. The summed E-state index contributed by atoms with van der Waals surface area (Å²) in [6.45, 7) is 0. The fourth-order valence-electron chi connectivity index (χ4n) is 0.844. The molecule has 0 atom stereocenters. The van der Waals surface area contributed by atoms with Crippen molar-refractivity contribution < 1.29 is 13.3 Å². The van der Waals surface area contributed by atoms with E-state index < -0.39 is 8.80 Å². The first-order valence-corrected chi connectivity index (χ1v) is 6.61. The van der Waals surface area contributed by atoms with Gasteiger partial charge in [0.15, 0.2) is 0 Å². The molecule has 0 aromatic heterocycles. The zero-order valence-corrected chi connectivity index (χ0v) is 9.82. The maximum atomic E-state index is 5.54. The average molecular weight is 233 g/mol. The van der Waals surface area contributed by atoms with Crippen LogP contribution in [0.4, 0.5) is 0 Å². The Bertz CT molecular complexity index is 111. The Morgan fingerprint density at radius 1 is 1.17 bits per heavy atom. The van der Waals surface area contributed by atoms with Gasteiger partial charge in [-0.1, -0.05) is 11.6 Å². The molecule has 0 heterocycles. The molecule has 0 spiro atoms. The minimum atomic E-state index is -2.48. The Morgan fingerprint density at radius 3 is 2.08 bits per heavy atom. The van der Waals surface area contributed by atoms with Gasteiger partial charge in [0.1, 0.15) is 6.07 Å². The van der Waals surface area contributed by atoms with Gasteiger partial charge in [0.05, 0.1) is 0 Å². The molecular weight excluding hydrogens is 219 g/mol. The molecule has 0 saturated carbocycles. The SMILES string of the molecule is CO[Si](CCCCl)(OC)OCCl. The molecule has 74 valence electrons. The van der Waals surface area contributed by atoms with E-state index in [4.69, 9.17) is 36.5 Å². The highest BCUT2D eigenvalue weighted by molar-refractivity contribution is 6.61. The van der Waals surface area contributed by atoms with Crippen molar-refractivity contribution >= 4 is 32.0 Å². The van der Waals surface area contributed by atoms with E-state index in [2.05, 4.69) is 0 Å². The minimum absolute atomic E-state index is 0.0934. The molecule has 0 rings (SSSR count). The fourth-order valence-corrected chi connectivity index (χ4v) is 3.43. The van der Waals surface area contributed by atoms with Crippen LogP contribution in [-0.4, -0.2) is 35.0 Å². The lowest BCUT2D eigenvalue weighted by Gasteiger charge is -2.24. The Hall–Kier alpha value is 0.677. The van der Waals surface area contributed by atoms with Gasteiger partial charge >= 0.3 is 8.80 Å². The molecule has 0 amide bonds. The standard InChI is InChI=1S/C6H14Cl2O3Si/c1-9-12(10-2,11-6-8)5-3-4-7/h3-6H2,1-2H3. The number of hydrogen-bond donors (Lipinski definition) is 0. The number of rotatable bonds is 7. The molecule has 12 heavy (non-hydrogen) atoms. The Balaban J connectivity index is 3.95. The van der Waals surface area contributed by atoms with Gasteiger partial charge in [-0.2, -0.15) is 0 Å². The molecule has 0 aliphatic carbocycles. The lowest BCUT2D eigenvalue weighted by Crippen LogP contribution is -2.43. The van der Waals surface area contributed by atoms with Crippen molar-refractivity contribution in [2.75, 3.05) is 26.2 Å². The third-order valence-corrected chi connectivity index (χ3v) is 4.87. The molecule has 0 aliphatic heterocycles. The predicted octanol–water partition coefficient (Wildman–Crippen LogP) is 2.06. The zero-order chi connectivity index (χ0) is 9.45. The first kappa shape index (κ1) is 12.7. The summed E-state index contributed by atoms with van der Waals surface area (Å²) < 4.78 is 15.6. The van der Waals surface area contributed by atoms with Crippen LogP contribution in [-0.2, 0) is 13.3 Å². The van der Waals surface area contributed by atoms with Gasteiger partial charge in [0.2, 0.25) is 0 Å². The summed E-state index contributed by atoms with van der Waals surface area (Å²) in [7, 11) is 0.651. The zero-order valence-electron chi connectivity index (χ0n) is 7.31. The van der Waals surface area contributed by atoms with Crippen LogP contribution >= 0.6 is 23.2 Å². The van der Waals surface area contributed by atoms with Crippen molar-refractivity contribution in [3.8, 4) is 0 Å². The first-order valence-electron chi connectivity index (χ1n) is 3.61. The third-order valence-electron chi connectivity index (χ3n) is 1.51. The lowest BCUT2D eigenvalue weighted by atomic mass is 10.6. The average Bonchev–Trinajstić information content (AvgIpc) is 2.13. The van der Waals surface area contributed by atoms with Gasteiger partial charge < -0.3 is 13.3 Å². The van der Waals surface area contributed by atoms with Crippen molar-refractivity contribution in [2.24, 2.45) is 0 Å². The second kappa shape index (κ2) is 7.12. The van der Waals surface area contributed by atoms with Crippen LogP contribution in [0.3, 0.4) is 0 Å². The molecule has 3 nitrogen and oxygen atoms in total. The van der Waals surface area contributed by atoms with E-state index in [-0.39, 0.29) is 6.07 Å². The van der Waals surface area contributed by atoms with Crippen LogP contribution < -0.4 is 0 Å². The third kappa shape index (κ3) is 4.07. The van der Waals surface area contributed by atoms with Crippen LogP contribution in [0.15, 0.2) is 0 Å². The fraction of sp³-hybridized carbons (Fsp3) is 1.00. The van der Waals surface area contributed by atoms with Crippen LogP contribution in [0.25, 0.3) is 0 Å². The summed E-state index contributed by atoms with van der Waals surface area (Å²) >= 11 is 11.0. The van der Waals surface area contributed by atoms with Gasteiger partial charge in [-0.25, -0.2) is 0 Å². The first-order chi connectivity index (χ1) is 5.74. The number of alkyl halides is 2. The molecule has 6 heteroatoms. The minimum Gasteiger partial charge on any atom is -0.377 e. The summed E-state index contributed by atoms with van der Waals surface area (Å²) in [6.07, 6.45) is 0.812. The maximum absolute atomic E-state index is 5.54. The highest BCUT2D eigenvalue weighted by Gasteiger charge is 2.37. The molecule has 0 fully saturated rings. The number of halogens is 2. The molecule has 0 unspecified atom stereocenters. The molecule has 0 N–H and O–H groups in total. The van der Waals surface area contributed by atoms with Crippen molar-refractivity contribution in [2.45, 2.75) is 12.5 Å². The second-order valence-corrected chi connectivity index (χ2v) is 5.70. The molecular formula is C6H14Cl2O3Si. The van der Waals surface area contributed by atoms with Crippen LogP contribution in [0, 0.1) is 0 Å². The van der Waals surface area contributed by atoms with Crippen molar-refractivity contribution in [3.63, 3.8) is 0 Å². The largest absolute Gasteiger partial charge is 0.501 e.